The molecule has 1 aromatic heterocycles. The van der Waals surface area contributed by atoms with Crippen molar-refractivity contribution in [2.24, 2.45) is 0 Å². The van der Waals surface area contributed by atoms with Crippen LogP contribution in [0.4, 0.5) is 0 Å². The highest BCUT2D eigenvalue weighted by Crippen LogP contribution is 2.07. The van der Waals surface area contributed by atoms with Gasteiger partial charge in [-0.2, -0.15) is 5.10 Å². The Balaban J connectivity index is 0.000000980. The Hall–Kier alpha value is -0.870. The van der Waals surface area contributed by atoms with Crippen molar-refractivity contribution in [3.63, 3.8) is 0 Å². The maximum atomic E-state index is 11.4. The van der Waals surface area contributed by atoms with E-state index in [0.29, 0.717) is 6.54 Å². The lowest BCUT2D eigenvalue weighted by molar-refractivity contribution is 0.552. The van der Waals surface area contributed by atoms with E-state index in [-0.39, 0.29) is 18.0 Å². The van der Waals surface area contributed by atoms with Gasteiger partial charge >= 0.3 is 0 Å². The summed E-state index contributed by atoms with van der Waals surface area (Å²) in [6.07, 6.45) is 0.926. The van der Waals surface area contributed by atoms with Crippen LogP contribution in [-0.4, -0.2) is 16.3 Å². The van der Waals surface area contributed by atoms with Gasteiger partial charge in [0.15, 0.2) is 0 Å². The van der Waals surface area contributed by atoms with E-state index in [4.69, 9.17) is 0 Å². The Morgan fingerprint density at radius 1 is 1.64 bits per heavy atom. The monoisotopic (exact) mass is 215 g/mol. The smallest absolute Gasteiger partial charge is 0.267 e. The maximum absolute atomic E-state index is 11.4. The first-order valence-electron chi connectivity index (χ1n) is 4.62. The Morgan fingerprint density at radius 3 is 3.14 bits per heavy atom. The van der Waals surface area contributed by atoms with E-state index in [0.717, 1.165) is 30.8 Å². The second-order valence-electron chi connectivity index (χ2n) is 3.20. The second kappa shape index (κ2) is 4.57. The van der Waals surface area contributed by atoms with Crippen LogP contribution in [0.3, 0.4) is 0 Å². The molecule has 0 radical (unpaired) electrons. The highest BCUT2D eigenvalue weighted by atomic mass is 35.5. The summed E-state index contributed by atoms with van der Waals surface area (Å²) in [4.78, 5) is 11.4. The molecule has 0 saturated carbocycles. The average molecular weight is 216 g/mol. The predicted octanol–water partition coefficient (Wildman–Crippen LogP) is 0.331. The minimum atomic E-state index is 0. The Morgan fingerprint density at radius 2 is 2.43 bits per heavy atom. The van der Waals surface area contributed by atoms with Crippen molar-refractivity contribution in [2.75, 3.05) is 6.54 Å². The molecule has 1 aromatic rings. The highest BCUT2D eigenvalue weighted by Gasteiger charge is 2.11. The molecule has 0 aliphatic carbocycles. The summed E-state index contributed by atoms with van der Waals surface area (Å²) in [5.41, 5.74) is 2.13. The zero-order valence-electron chi connectivity index (χ0n) is 8.12. The van der Waals surface area contributed by atoms with Crippen molar-refractivity contribution in [3.05, 3.63) is 27.7 Å². The van der Waals surface area contributed by atoms with E-state index in [1.165, 1.54) is 4.68 Å². The van der Waals surface area contributed by atoms with Gasteiger partial charge in [-0.05, 0) is 12.5 Å². The molecule has 0 aromatic carbocycles. The molecule has 0 unspecified atom stereocenters. The van der Waals surface area contributed by atoms with Crippen molar-refractivity contribution >= 4 is 12.4 Å². The summed E-state index contributed by atoms with van der Waals surface area (Å²) in [5.74, 6) is 0. The first-order chi connectivity index (χ1) is 6.31. The van der Waals surface area contributed by atoms with Gasteiger partial charge in [0, 0.05) is 32.1 Å². The van der Waals surface area contributed by atoms with Crippen LogP contribution in [-0.2, 0) is 19.5 Å². The molecule has 1 aliphatic heterocycles. The van der Waals surface area contributed by atoms with E-state index in [1.54, 1.807) is 6.07 Å². The second-order valence-corrected chi connectivity index (χ2v) is 3.20. The number of aryl methyl sites for hydroxylation is 1. The number of fused-ring (bicyclic) bond motifs is 1. The third-order valence-electron chi connectivity index (χ3n) is 2.32. The average Bonchev–Trinajstić information content (AvgIpc) is 2.17. The van der Waals surface area contributed by atoms with Gasteiger partial charge in [-0.1, -0.05) is 0 Å². The van der Waals surface area contributed by atoms with E-state index < -0.39 is 0 Å². The lowest BCUT2D eigenvalue weighted by Gasteiger charge is -2.16. The van der Waals surface area contributed by atoms with Gasteiger partial charge < -0.3 is 5.32 Å². The molecular weight excluding hydrogens is 202 g/mol. The van der Waals surface area contributed by atoms with Crippen LogP contribution in [0.2, 0.25) is 0 Å². The van der Waals surface area contributed by atoms with Gasteiger partial charge in [-0.25, -0.2) is 4.68 Å². The number of nitrogens with zero attached hydrogens (tertiary/aromatic N) is 2. The SMILES string of the molecule is CCn1nc2c(cc1=O)CNCC2.Cl. The van der Waals surface area contributed by atoms with Gasteiger partial charge in [-0.15, -0.1) is 12.4 Å². The molecule has 0 bridgehead atoms. The molecule has 0 spiro atoms. The van der Waals surface area contributed by atoms with Gasteiger partial charge in [0.25, 0.3) is 5.56 Å². The zero-order valence-corrected chi connectivity index (χ0v) is 8.93. The van der Waals surface area contributed by atoms with Gasteiger partial charge in [0.05, 0.1) is 5.69 Å². The molecule has 0 fully saturated rings. The first-order valence-corrected chi connectivity index (χ1v) is 4.62. The first kappa shape index (κ1) is 11.2. The molecule has 1 aliphatic rings. The molecule has 78 valence electrons. The van der Waals surface area contributed by atoms with Crippen LogP contribution < -0.4 is 10.9 Å². The quantitative estimate of drug-likeness (QED) is 0.735. The molecule has 2 heterocycles. The molecule has 1 N–H and O–H groups in total. The number of hydrogen-bond donors (Lipinski definition) is 1. The van der Waals surface area contributed by atoms with E-state index in [1.807, 2.05) is 6.92 Å². The van der Waals surface area contributed by atoms with Crippen LogP contribution in [0.5, 0.6) is 0 Å². The van der Waals surface area contributed by atoms with Crippen molar-refractivity contribution in [1.29, 1.82) is 0 Å². The van der Waals surface area contributed by atoms with Gasteiger partial charge in [0.1, 0.15) is 0 Å². The fraction of sp³-hybridized carbons (Fsp3) is 0.556. The normalized spacial score (nSPS) is 14.4. The number of hydrogen-bond acceptors (Lipinski definition) is 3. The van der Waals surface area contributed by atoms with Crippen molar-refractivity contribution < 1.29 is 0 Å². The summed E-state index contributed by atoms with van der Waals surface area (Å²) >= 11 is 0. The highest BCUT2D eigenvalue weighted by molar-refractivity contribution is 5.85. The Bertz CT molecular complexity index is 375. The van der Waals surface area contributed by atoms with Crippen molar-refractivity contribution in [1.82, 2.24) is 15.1 Å². The van der Waals surface area contributed by atoms with Crippen LogP contribution in [0.25, 0.3) is 0 Å². The Kier molecular flexibility index (Phi) is 3.66. The molecule has 2 rings (SSSR count). The van der Waals surface area contributed by atoms with Crippen molar-refractivity contribution in [2.45, 2.75) is 26.4 Å². The van der Waals surface area contributed by atoms with Crippen LogP contribution in [0, 0.1) is 0 Å². The number of aromatic nitrogens is 2. The molecule has 0 amide bonds. The van der Waals surface area contributed by atoms with E-state index >= 15 is 0 Å². The van der Waals surface area contributed by atoms with Gasteiger partial charge in [0.2, 0.25) is 0 Å². The van der Waals surface area contributed by atoms with Crippen LogP contribution >= 0.6 is 12.4 Å². The Labute approximate surface area is 88.7 Å². The third kappa shape index (κ3) is 1.96. The van der Waals surface area contributed by atoms with Crippen LogP contribution in [0.15, 0.2) is 10.9 Å². The number of halogens is 1. The maximum Gasteiger partial charge on any atom is 0.267 e. The standard InChI is InChI=1S/C9H13N3O.ClH/c1-2-12-9(13)5-7-6-10-4-3-8(7)11-12;/h5,10H,2-4,6H2,1H3;1H. The van der Waals surface area contributed by atoms with Crippen molar-refractivity contribution in [3.8, 4) is 0 Å². The van der Waals surface area contributed by atoms with E-state index in [2.05, 4.69) is 10.4 Å². The minimum Gasteiger partial charge on any atom is -0.312 e. The summed E-state index contributed by atoms with van der Waals surface area (Å²) in [6, 6.07) is 1.69. The molecule has 4 nitrogen and oxygen atoms in total. The fourth-order valence-corrected chi connectivity index (χ4v) is 1.59. The molecule has 0 saturated heterocycles. The fourth-order valence-electron chi connectivity index (χ4n) is 1.59. The summed E-state index contributed by atoms with van der Waals surface area (Å²) < 4.78 is 1.52. The predicted molar refractivity (Wildman–Crippen MR) is 56.8 cm³/mol. The third-order valence-corrected chi connectivity index (χ3v) is 2.32. The summed E-state index contributed by atoms with van der Waals surface area (Å²) in [7, 11) is 0. The summed E-state index contributed by atoms with van der Waals surface area (Å²) in [5, 5.41) is 7.51. The lowest BCUT2D eigenvalue weighted by Crippen LogP contribution is -2.31. The summed E-state index contributed by atoms with van der Waals surface area (Å²) in [6.45, 7) is 4.32. The minimum absolute atomic E-state index is 0. The number of nitrogens with one attached hydrogen (secondary N) is 1. The van der Waals surface area contributed by atoms with Gasteiger partial charge in [-0.3, -0.25) is 4.79 Å². The number of rotatable bonds is 1. The topological polar surface area (TPSA) is 46.9 Å². The molecular formula is C9H14ClN3O. The molecule has 14 heavy (non-hydrogen) atoms. The van der Waals surface area contributed by atoms with Crippen LogP contribution in [0.1, 0.15) is 18.2 Å². The molecule has 5 heteroatoms. The lowest BCUT2D eigenvalue weighted by atomic mass is 10.1. The molecule has 0 atom stereocenters. The van der Waals surface area contributed by atoms with E-state index in [9.17, 15) is 4.79 Å². The zero-order chi connectivity index (χ0) is 9.26. The largest absolute Gasteiger partial charge is 0.312 e.